The number of amides is 1. The molecule has 0 bridgehead atoms. The third-order valence-corrected chi connectivity index (χ3v) is 10.5. The summed E-state index contributed by atoms with van der Waals surface area (Å²) in [5.74, 6) is -2.49. The maximum Gasteiger partial charge on any atom is 0.490 e. The van der Waals surface area contributed by atoms with Gasteiger partial charge in [-0.2, -0.15) is 13.2 Å². The van der Waals surface area contributed by atoms with Crippen molar-refractivity contribution < 1.29 is 32.6 Å². The van der Waals surface area contributed by atoms with Gasteiger partial charge in [-0.05, 0) is 44.2 Å². The summed E-state index contributed by atoms with van der Waals surface area (Å²) < 4.78 is 49.5. The standard InChI is InChI=1S/C39H44F3N9O4/c1-23(2)50-20-27(47-22-50)16-17-43-38-49-31-34(44-19-28(24-10-5-3-6-11-24)25-12-7-4-8-13-25)45-21-46-35(31)51(38)30-18-29(48-36(53)26-14-9-15-26)32(52)33(30)55-37(54)39(40,41)42/h3-8,10-13,20-23,26,28-30,32-33,52H,9,14-19H2,1-2H3,(H,43,49)(H,48,53)(H,44,45,46)/t29-,30+,32+,33-/m0/s1. The van der Waals surface area contributed by atoms with Crippen LogP contribution in [0.2, 0.25) is 0 Å². The van der Waals surface area contributed by atoms with Gasteiger partial charge in [0.25, 0.3) is 0 Å². The van der Waals surface area contributed by atoms with E-state index in [9.17, 15) is 27.9 Å². The summed E-state index contributed by atoms with van der Waals surface area (Å²) in [4.78, 5) is 43.7. The lowest BCUT2D eigenvalue weighted by molar-refractivity contribution is -0.209. The number of halogens is 3. The molecule has 3 aromatic heterocycles. The molecule has 290 valence electrons. The highest BCUT2D eigenvalue weighted by Gasteiger charge is 2.52. The minimum Gasteiger partial charge on any atom is -0.451 e. The van der Waals surface area contributed by atoms with Crippen molar-refractivity contribution in [3.8, 4) is 0 Å². The van der Waals surface area contributed by atoms with Crippen LogP contribution in [0, 0.1) is 5.92 Å². The predicted octanol–water partition coefficient (Wildman–Crippen LogP) is 5.57. The van der Waals surface area contributed by atoms with Gasteiger partial charge in [0.1, 0.15) is 12.4 Å². The van der Waals surface area contributed by atoms with Gasteiger partial charge < -0.3 is 30.4 Å². The molecule has 0 aliphatic heterocycles. The van der Waals surface area contributed by atoms with Gasteiger partial charge in [0.2, 0.25) is 11.9 Å². The summed E-state index contributed by atoms with van der Waals surface area (Å²) in [6.45, 7) is 4.82. The number of nitrogens with one attached hydrogen (secondary N) is 3. The van der Waals surface area contributed by atoms with E-state index in [0.29, 0.717) is 43.7 Å². The number of hydrogen-bond donors (Lipinski definition) is 4. The smallest absolute Gasteiger partial charge is 0.451 e. The number of ether oxygens (including phenoxy) is 1. The van der Waals surface area contributed by atoms with Crippen LogP contribution in [0.25, 0.3) is 11.2 Å². The van der Waals surface area contributed by atoms with Gasteiger partial charge in [-0.15, -0.1) is 0 Å². The lowest BCUT2D eigenvalue weighted by Gasteiger charge is -2.27. The first-order chi connectivity index (χ1) is 26.5. The number of carbonyl (C=O) groups is 2. The average Bonchev–Trinajstić information content (AvgIpc) is 3.85. The Hall–Kier alpha value is -5.51. The molecule has 5 aromatic rings. The highest BCUT2D eigenvalue weighted by atomic mass is 19.4. The molecule has 2 aliphatic rings. The Bertz CT molecular complexity index is 2050. The van der Waals surface area contributed by atoms with Gasteiger partial charge in [0.05, 0.1) is 24.1 Å². The number of anilines is 2. The molecule has 0 saturated heterocycles. The van der Waals surface area contributed by atoms with Gasteiger partial charge in [-0.1, -0.05) is 67.1 Å². The minimum absolute atomic E-state index is 0.0643. The van der Waals surface area contributed by atoms with E-state index in [1.54, 1.807) is 10.9 Å². The first kappa shape index (κ1) is 37.8. The lowest BCUT2D eigenvalue weighted by atomic mass is 9.84. The molecule has 1 amide bonds. The van der Waals surface area contributed by atoms with Crippen LogP contribution in [-0.2, 0) is 20.7 Å². The summed E-state index contributed by atoms with van der Waals surface area (Å²) in [7, 11) is 0. The van der Waals surface area contributed by atoms with Crippen LogP contribution >= 0.6 is 0 Å². The van der Waals surface area contributed by atoms with Gasteiger partial charge in [-0.25, -0.2) is 24.7 Å². The number of aliphatic hydroxyl groups excluding tert-OH is 1. The average molecular weight is 760 g/mol. The van der Waals surface area contributed by atoms with E-state index >= 15 is 0 Å². The molecule has 2 aliphatic carbocycles. The topological polar surface area (TPSA) is 161 Å². The van der Waals surface area contributed by atoms with E-state index in [4.69, 9.17) is 9.72 Å². The maximum atomic E-state index is 13.6. The van der Waals surface area contributed by atoms with E-state index in [0.717, 1.165) is 23.2 Å². The van der Waals surface area contributed by atoms with Crippen LogP contribution in [0.4, 0.5) is 24.9 Å². The Balaban J connectivity index is 1.25. The summed E-state index contributed by atoms with van der Waals surface area (Å²) >= 11 is 0. The fraction of sp³-hybridized carbons (Fsp3) is 0.436. The molecule has 2 saturated carbocycles. The third-order valence-electron chi connectivity index (χ3n) is 10.5. The van der Waals surface area contributed by atoms with Crippen molar-refractivity contribution >= 4 is 34.8 Å². The molecule has 4 N–H and O–H groups in total. The molecule has 0 radical (unpaired) electrons. The number of aliphatic hydroxyl groups is 1. The van der Waals surface area contributed by atoms with Crippen molar-refractivity contribution in [1.29, 1.82) is 0 Å². The summed E-state index contributed by atoms with van der Waals surface area (Å²) in [5.41, 5.74) is 3.50. The van der Waals surface area contributed by atoms with Gasteiger partial charge in [0.15, 0.2) is 23.1 Å². The van der Waals surface area contributed by atoms with Crippen LogP contribution in [0.5, 0.6) is 0 Å². The molecule has 4 atom stereocenters. The van der Waals surface area contributed by atoms with E-state index < -0.39 is 36.4 Å². The first-order valence-electron chi connectivity index (χ1n) is 18.6. The van der Waals surface area contributed by atoms with Crippen molar-refractivity contribution in [3.63, 3.8) is 0 Å². The minimum atomic E-state index is -5.32. The second-order valence-electron chi connectivity index (χ2n) is 14.4. The van der Waals surface area contributed by atoms with E-state index in [2.05, 4.69) is 30.9 Å². The highest BCUT2D eigenvalue weighted by molar-refractivity contribution is 5.85. The third kappa shape index (κ3) is 8.28. The first-order valence-corrected chi connectivity index (χ1v) is 18.6. The van der Waals surface area contributed by atoms with Crippen molar-refractivity contribution in [2.45, 2.75) is 88.4 Å². The number of rotatable bonds is 14. The second kappa shape index (κ2) is 16.1. The molecule has 16 heteroatoms. The highest BCUT2D eigenvalue weighted by Crippen LogP contribution is 2.40. The molecule has 0 spiro atoms. The Morgan fingerprint density at radius 1 is 0.982 bits per heavy atom. The Morgan fingerprint density at radius 2 is 1.67 bits per heavy atom. The van der Waals surface area contributed by atoms with Gasteiger partial charge in [0, 0.05) is 43.6 Å². The van der Waals surface area contributed by atoms with Gasteiger partial charge >= 0.3 is 12.1 Å². The zero-order chi connectivity index (χ0) is 38.7. The van der Waals surface area contributed by atoms with Crippen LogP contribution in [0.1, 0.15) is 74.4 Å². The van der Waals surface area contributed by atoms with Crippen LogP contribution < -0.4 is 16.0 Å². The predicted molar refractivity (Wildman–Crippen MR) is 198 cm³/mol. The number of nitrogens with zero attached hydrogens (tertiary/aromatic N) is 6. The Morgan fingerprint density at radius 3 is 2.27 bits per heavy atom. The SMILES string of the molecule is CC(C)n1cnc(CCNc2nc3c(NCC(c4ccccc4)c4ccccc4)ncnc3n2[C@@H]2C[C@H](NC(=O)C3CCC3)[C@@H](O)[C@H]2OC(=O)C(F)(F)F)c1. The van der Waals surface area contributed by atoms with Crippen molar-refractivity contribution in [2.75, 3.05) is 23.7 Å². The quantitative estimate of drug-likeness (QED) is 0.106. The lowest BCUT2D eigenvalue weighted by Crippen LogP contribution is -2.47. The molecule has 3 heterocycles. The van der Waals surface area contributed by atoms with Crippen molar-refractivity contribution in [3.05, 3.63) is 96.3 Å². The largest absolute Gasteiger partial charge is 0.490 e. The summed E-state index contributed by atoms with van der Waals surface area (Å²) in [6, 6.07) is 18.1. The zero-order valence-corrected chi connectivity index (χ0v) is 30.5. The number of aromatic nitrogens is 6. The van der Waals surface area contributed by atoms with Crippen LogP contribution in [0.3, 0.4) is 0 Å². The number of carbonyl (C=O) groups excluding carboxylic acids is 2. The molecular formula is C39H44F3N9O4. The normalized spacial score (nSPS) is 20.1. The number of benzene rings is 2. The number of esters is 1. The van der Waals surface area contributed by atoms with Gasteiger partial charge in [-0.3, -0.25) is 9.36 Å². The maximum absolute atomic E-state index is 13.6. The fourth-order valence-electron chi connectivity index (χ4n) is 7.26. The molecule has 55 heavy (non-hydrogen) atoms. The Labute approximate surface area is 315 Å². The molecular weight excluding hydrogens is 715 g/mol. The number of fused-ring (bicyclic) bond motifs is 1. The Kier molecular flexibility index (Phi) is 11.0. The van der Waals surface area contributed by atoms with E-state index in [1.165, 1.54) is 6.33 Å². The molecule has 0 unspecified atom stereocenters. The molecule has 7 rings (SSSR count). The van der Waals surface area contributed by atoms with E-state index in [-0.39, 0.29) is 41.8 Å². The second-order valence-corrected chi connectivity index (χ2v) is 14.4. The fourth-order valence-corrected chi connectivity index (χ4v) is 7.26. The monoisotopic (exact) mass is 759 g/mol. The summed E-state index contributed by atoms with van der Waals surface area (Å²) in [5, 5.41) is 21.0. The van der Waals surface area contributed by atoms with Crippen LogP contribution in [-0.4, -0.2) is 83.6 Å². The zero-order valence-electron chi connectivity index (χ0n) is 30.5. The van der Waals surface area contributed by atoms with Crippen molar-refractivity contribution in [2.24, 2.45) is 5.92 Å². The number of alkyl halides is 3. The van der Waals surface area contributed by atoms with Crippen molar-refractivity contribution in [1.82, 2.24) is 34.4 Å². The molecule has 13 nitrogen and oxygen atoms in total. The molecule has 2 fully saturated rings. The van der Waals surface area contributed by atoms with E-state index in [1.807, 2.05) is 85.3 Å². The number of hydrogen-bond acceptors (Lipinski definition) is 10. The number of imidazole rings is 2. The summed E-state index contributed by atoms with van der Waals surface area (Å²) in [6.07, 6.45) is -0.987. The van der Waals surface area contributed by atoms with Crippen LogP contribution in [0.15, 0.2) is 79.5 Å². The molecule has 2 aromatic carbocycles.